The molecule has 0 saturated carbocycles. The van der Waals surface area contributed by atoms with Crippen LogP contribution >= 0.6 is 0 Å². The number of aliphatic hydroxyl groups excluding tert-OH is 3. The lowest BCUT2D eigenvalue weighted by molar-refractivity contribution is -0.384. The third-order valence-electron chi connectivity index (χ3n) is 14.1. The number of methoxy groups -OCH3 is 1. The molecular formula is C48H80N4O15. The van der Waals surface area contributed by atoms with Crippen LogP contribution in [0.2, 0.25) is 0 Å². The van der Waals surface area contributed by atoms with E-state index in [0.29, 0.717) is 19.4 Å². The van der Waals surface area contributed by atoms with E-state index in [1.54, 1.807) is 59.0 Å². The van der Waals surface area contributed by atoms with Gasteiger partial charge in [0.05, 0.1) is 65.1 Å². The standard InChI is InChI=1S/C48H80N4O15/c1-14-36-48(10,58)40(54)31(6)43(56)50-27(2)25-47(9,62-23-15-21-49-22-20-33-16-18-34(19-17-33)52(59)60)42(67-45-38(53)35(51(11)12)24-28(3)63-45)29(4)39(30(5)44(57)65-36)66-37-26-46(8,61-13)41(55)32(7)64-37/h15-19,21,27-32,35-42,45,49,53-55,58H,14,20,22-26H2,1-13H3,(H,50,56)/b21-15+/t27-,28-,29+,30-,31-,32+,35+,36-,37-,38-,39+,40+,41+,42-,45+,46-,47-,48+/m1/s1. The number of nitro benzene ring substituents is 1. The molecule has 19 heteroatoms. The normalized spacial score (nSPS) is 40.7. The predicted molar refractivity (Wildman–Crippen MR) is 247 cm³/mol. The zero-order chi connectivity index (χ0) is 50.2. The van der Waals surface area contributed by atoms with Crippen LogP contribution in [-0.2, 0) is 49.2 Å². The summed E-state index contributed by atoms with van der Waals surface area (Å²) in [6, 6.07) is 5.36. The average molecular weight is 953 g/mol. The van der Waals surface area contributed by atoms with Crippen LogP contribution < -0.4 is 10.6 Å². The first-order chi connectivity index (χ1) is 31.3. The summed E-state index contributed by atoms with van der Waals surface area (Å²) in [6.45, 7) is 17.5. The minimum absolute atomic E-state index is 0.0149. The number of cyclic esters (lactones) is 1. The van der Waals surface area contributed by atoms with Gasteiger partial charge in [0.25, 0.3) is 5.69 Å². The summed E-state index contributed by atoms with van der Waals surface area (Å²) in [4.78, 5) is 41.0. The molecule has 1 amide bonds. The van der Waals surface area contributed by atoms with Crippen molar-refractivity contribution in [1.29, 1.82) is 0 Å². The SMILES string of the molecule is CC[C@H]1OC(=O)[C@H](C)[C@@H](O[C@@H]2C[C@@](C)(OC)[C@@H](O)[C@H](C)O2)[C@H](C)[C@@H](O[C@@H]2O[C@H](C)C[C@H](N(C)C)[C@H]2O)[C@](C)(OC/C=C/NCCc2ccc([N+](=O)[O-])cc2)C[C@@H](C)NC(=O)[C@H](C)[C@H](O)[C@@]1(C)O. The molecule has 0 aliphatic carbocycles. The number of nitrogens with one attached hydrogen (secondary N) is 2. The van der Waals surface area contributed by atoms with Crippen LogP contribution in [0.15, 0.2) is 36.5 Å². The largest absolute Gasteiger partial charge is 0.459 e. The van der Waals surface area contributed by atoms with Crippen molar-refractivity contribution in [2.45, 2.75) is 192 Å². The van der Waals surface area contributed by atoms with Crippen LogP contribution in [0.5, 0.6) is 0 Å². The van der Waals surface area contributed by atoms with Crippen LogP contribution in [0.25, 0.3) is 0 Å². The van der Waals surface area contributed by atoms with Gasteiger partial charge in [0, 0.05) is 50.2 Å². The van der Waals surface area contributed by atoms with Crippen molar-refractivity contribution in [1.82, 2.24) is 15.5 Å². The summed E-state index contributed by atoms with van der Waals surface area (Å²) >= 11 is 0. The number of benzene rings is 1. The van der Waals surface area contributed by atoms with Crippen LogP contribution in [0.3, 0.4) is 0 Å². The Kier molecular flexibility index (Phi) is 20.1. The lowest BCUT2D eigenvalue weighted by Crippen LogP contribution is -2.61. The van der Waals surface area contributed by atoms with Gasteiger partial charge in [-0.05, 0) is 106 Å². The number of amides is 1. The lowest BCUT2D eigenvalue weighted by Gasteiger charge is -2.49. The van der Waals surface area contributed by atoms with E-state index in [0.717, 1.165) is 5.56 Å². The maximum absolute atomic E-state index is 14.5. The second-order valence-corrected chi connectivity index (χ2v) is 19.9. The molecule has 0 bridgehead atoms. The van der Waals surface area contributed by atoms with Gasteiger partial charge in [-0.25, -0.2) is 0 Å². The van der Waals surface area contributed by atoms with Crippen molar-refractivity contribution in [3.63, 3.8) is 0 Å². The Balaban J connectivity index is 1.82. The van der Waals surface area contributed by atoms with Gasteiger partial charge in [0.2, 0.25) is 5.91 Å². The molecular weight excluding hydrogens is 873 g/mol. The van der Waals surface area contributed by atoms with Gasteiger partial charge in [0.15, 0.2) is 12.6 Å². The zero-order valence-electron chi connectivity index (χ0n) is 41.7. The van der Waals surface area contributed by atoms with Crippen LogP contribution in [0.1, 0.15) is 100 Å². The molecule has 3 heterocycles. The van der Waals surface area contributed by atoms with Crippen molar-refractivity contribution in [3.05, 3.63) is 52.2 Å². The fraction of sp³-hybridized carbons (Fsp3) is 0.792. The third-order valence-corrected chi connectivity index (χ3v) is 14.1. The third kappa shape index (κ3) is 13.9. The van der Waals surface area contributed by atoms with E-state index in [1.165, 1.54) is 33.1 Å². The first kappa shape index (κ1) is 56.2. The molecule has 0 aromatic heterocycles. The minimum atomic E-state index is -2.05. The van der Waals surface area contributed by atoms with Crippen molar-refractivity contribution in [2.24, 2.45) is 17.8 Å². The summed E-state index contributed by atoms with van der Waals surface area (Å²) in [5.74, 6) is -4.39. The van der Waals surface area contributed by atoms with Crippen LogP contribution in [-0.4, -0.2) is 167 Å². The molecule has 382 valence electrons. The van der Waals surface area contributed by atoms with Crippen molar-refractivity contribution < 1.29 is 68.1 Å². The molecule has 0 spiro atoms. The molecule has 3 aliphatic heterocycles. The first-order valence-electron chi connectivity index (χ1n) is 23.7. The Morgan fingerprint density at radius 3 is 2.21 bits per heavy atom. The monoisotopic (exact) mass is 953 g/mol. The number of nitrogens with zero attached hydrogens (tertiary/aromatic N) is 2. The first-order valence-corrected chi connectivity index (χ1v) is 23.7. The summed E-state index contributed by atoms with van der Waals surface area (Å²) in [6.07, 6.45) is -5.56. The van der Waals surface area contributed by atoms with Gasteiger partial charge < -0.3 is 69.1 Å². The van der Waals surface area contributed by atoms with E-state index in [2.05, 4.69) is 10.6 Å². The lowest BCUT2D eigenvalue weighted by atomic mass is 9.78. The van der Waals surface area contributed by atoms with Crippen molar-refractivity contribution >= 4 is 17.6 Å². The Morgan fingerprint density at radius 2 is 1.61 bits per heavy atom. The van der Waals surface area contributed by atoms with Gasteiger partial charge in [-0.3, -0.25) is 19.7 Å². The average Bonchev–Trinajstić information content (AvgIpc) is 3.27. The molecule has 3 saturated heterocycles. The van der Waals surface area contributed by atoms with Crippen molar-refractivity contribution in [2.75, 3.05) is 34.4 Å². The minimum Gasteiger partial charge on any atom is -0.459 e. The molecule has 6 N–H and O–H groups in total. The number of likely N-dealkylation sites (N-methyl/N-ethyl adjacent to an activating group) is 1. The number of esters is 1. The summed E-state index contributed by atoms with van der Waals surface area (Å²) in [7, 11) is 5.22. The maximum Gasteiger partial charge on any atom is 0.311 e. The number of hydrogen-bond acceptors (Lipinski definition) is 17. The van der Waals surface area contributed by atoms with E-state index in [-0.39, 0.29) is 43.7 Å². The molecule has 3 fully saturated rings. The second-order valence-electron chi connectivity index (χ2n) is 19.9. The summed E-state index contributed by atoms with van der Waals surface area (Å²) < 4.78 is 45.2. The molecule has 19 nitrogen and oxygen atoms in total. The van der Waals surface area contributed by atoms with Crippen LogP contribution in [0.4, 0.5) is 5.69 Å². The maximum atomic E-state index is 14.5. The number of nitro groups is 1. The molecule has 1 aromatic carbocycles. The molecule has 67 heavy (non-hydrogen) atoms. The fourth-order valence-electron chi connectivity index (χ4n) is 9.84. The number of ether oxygens (including phenoxy) is 7. The molecule has 18 atom stereocenters. The second kappa shape index (κ2) is 24.0. The Hall–Kier alpha value is -3.34. The number of carbonyl (C=O) groups excluding carboxylic acids is 2. The van der Waals surface area contributed by atoms with Crippen molar-refractivity contribution in [3.8, 4) is 0 Å². The summed E-state index contributed by atoms with van der Waals surface area (Å²) in [5.41, 5.74) is -3.58. The number of aliphatic hydroxyl groups is 4. The molecule has 1 aromatic rings. The number of rotatable bonds is 15. The van der Waals surface area contributed by atoms with Crippen LogP contribution in [0, 0.1) is 27.9 Å². The number of hydrogen-bond donors (Lipinski definition) is 6. The van der Waals surface area contributed by atoms with Gasteiger partial charge in [0.1, 0.15) is 23.9 Å². The Bertz CT molecular complexity index is 1790. The highest BCUT2D eigenvalue weighted by molar-refractivity contribution is 5.79. The molecule has 0 radical (unpaired) electrons. The molecule has 0 unspecified atom stereocenters. The number of non-ortho nitro benzene ring substituents is 1. The topological polar surface area (TPSA) is 250 Å². The number of carbonyl (C=O) groups is 2. The molecule has 4 rings (SSSR count). The smallest absolute Gasteiger partial charge is 0.311 e. The fourth-order valence-corrected chi connectivity index (χ4v) is 9.84. The van der Waals surface area contributed by atoms with E-state index < -0.39 is 113 Å². The highest BCUT2D eigenvalue weighted by Crippen LogP contribution is 2.41. The van der Waals surface area contributed by atoms with Gasteiger partial charge >= 0.3 is 5.97 Å². The van der Waals surface area contributed by atoms with E-state index in [1.807, 2.05) is 39.8 Å². The zero-order valence-corrected chi connectivity index (χ0v) is 41.7. The van der Waals surface area contributed by atoms with E-state index >= 15 is 0 Å². The highest BCUT2D eigenvalue weighted by atomic mass is 16.7. The quantitative estimate of drug-likeness (QED) is 0.0638. The van der Waals surface area contributed by atoms with Gasteiger partial charge in [-0.1, -0.05) is 32.9 Å². The predicted octanol–water partition coefficient (Wildman–Crippen LogP) is 3.36. The Labute approximate surface area is 396 Å². The summed E-state index contributed by atoms with van der Waals surface area (Å²) in [5, 5.41) is 63.7. The van der Waals surface area contributed by atoms with E-state index in [4.69, 9.17) is 33.2 Å². The van der Waals surface area contributed by atoms with Gasteiger partial charge in [-0.2, -0.15) is 0 Å². The molecule has 3 aliphatic rings. The van der Waals surface area contributed by atoms with Gasteiger partial charge in [-0.15, -0.1) is 0 Å². The highest BCUT2D eigenvalue weighted by Gasteiger charge is 2.53. The van der Waals surface area contributed by atoms with E-state index in [9.17, 15) is 40.1 Å². The Morgan fingerprint density at radius 1 is 0.955 bits per heavy atom.